The molecular weight excluding hydrogens is 178 g/mol. The van der Waals surface area contributed by atoms with Crippen LogP contribution in [0.25, 0.3) is 0 Å². The van der Waals surface area contributed by atoms with Gasteiger partial charge in [-0.2, -0.15) is 0 Å². The fourth-order valence-corrected chi connectivity index (χ4v) is 1.44. The van der Waals surface area contributed by atoms with E-state index in [9.17, 15) is 9.59 Å². The Morgan fingerprint density at radius 1 is 1.21 bits per heavy atom. The molecule has 3 nitrogen and oxygen atoms in total. The molecule has 3 heteroatoms. The number of Topliss-reactive ketones (excluding diaryl/α,β-unsaturated/α-hetero) is 2. The Morgan fingerprint density at radius 2 is 1.71 bits per heavy atom. The van der Waals surface area contributed by atoms with Crippen LogP contribution in [0.2, 0.25) is 0 Å². The second-order valence-corrected chi connectivity index (χ2v) is 4.19. The Kier molecular flexibility index (Phi) is 5.62. The molecule has 0 saturated carbocycles. The van der Waals surface area contributed by atoms with Gasteiger partial charge in [-0.15, -0.1) is 0 Å². The van der Waals surface area contributed by atoms with Crippen LogP contribution in [0.15, 0.2) is 0 Å². The van der Waals surface area contributed by atoms with Crippen molar-refractivity contribution in [3.63, 3.8) is 0 Å². The molecular formula is C11H21NO2. The molecule has 0 bridgehead atoms. The molecule has 0 aromatic heterocycles. The van der Waals surface area contributed by atoms with E-state index in [0.29, 0.717) is 6.42 Å². The lowest BCUT2D eigenvalue weighted by molar-refractivity contribution is -0.127. The Balaban J connectivity index is 4.24. The molecule has 0 amide bonds. The number of ketones is 2. The lowest BCUT2D eigenvalue weighted by Gasteiger charge is -2.19. The van der Waals surface area contributed by atoms with Gasteiger partial charge in [-0.25, -0.2) is 0 Å². The van der Waals surface area contributed by atoms with Crippen molar-refractivity contribution in [2.45, 2.75) is 40.2 Å². The molecule has 0 radical (unpaired) electrons. The van der Waals surface area contributed by atoms with E-state index in [4.69, 9.17) is 0 Å². The molecule has 0 fully saturated rings. The Morgan fingerprint density at radius 3 is 2.00 bits per heavy atom. The molecule has 0 aromatic carbocycles. The van der Waals surface area contributed by atoms with Crippen molar-refractivity contribution in [1.29, 1.82) is 0 Å². The number of hydrogen-bond donors (Lipinski definition) is 1. The predicted octanol–water partition coefficient (Wildman–Crippen LogP) is 1.41. The maximum atomic E-state index is 11.7. The summed E-state index contributed by atoms with van der Waals surface area (Å²) in [5.41, 5.74) is 0. The van der Waals surface area contributed by atoms with E-state index >= 15 is 0 Å². The molecule has 0 heterocycles. The molecule has 14 heavy (non-hydrogen) atoms. The van der Waals surface area contributed by atoms with Crippen LogP contribution in [0, 0.1) is 11.8 Å². The number of hydrogen-bond acceptors (Lipinski definition) is 3. The minimum absolute atomic E-state index is 0.0805. The third kappa shape index (κ3) is 4.01. The molecule has 0 aliphatic carbocycles. The van der Waals surface area contributed by atoms with Gasteiger partial charge < -0.3 is 5.32 Å². The van der Waals surface area contributed by atoms with Crippen molar-refractivity contribution in [2.75, 3.05) is 7.05 Å². The van der Waals surface area contributed by atoms with Gasteiger partial charge in [0, 0.05) is 12.3 Å². The molecule has 82 valence electrons. The lowest BCUT2D eigenvalue weighted by Crippen LogP contribution is -2.39. The maximum Gasteiger partial charge on any atom is 0.150 e. The molecule has 2 atom stereocenters. The summed E-state index contributed by atoms with van der Waals surface area (Å²) in [7, 11) is 1.78. The van der Waals surface area contributed by atoms with Gasteiger partial charge in [0.15, 0.2) is 5.78 Å². The molecule has 0 aromatic rings. The van der Waals surface area contributed by atoms with Gasteiger partial charge in [0.2, 0.25) is 0 Å². The summed E-state index contributed by atoms with van der Waals surface area (Å²) in [4.78, 5) is 22.7. The average Bonchev–Trinajstić information content (AvgIpc) is 2.04. The Hall–Kier alpha value is -0.700. The highest BCUT2D eigenvalue weighted by molar-refractivity contribution is 5.89. The highest BCUT2D eigenvalue weighted by Gasteiger charge is 2.22. The van der Waals surface area contributed by atoms with Crippen molar-refractivity contribution >= 4 is 11.6 Å². The zero-order chi connectivity index (χ0) is 11.3. The van der Waals surface area contributed by atoms with Gasteiger partial charge >= 0.3 is 0 Å². The zero-order valence-corrected chi connectivity index (χ0v) is 9.76. The van der Waals surface area contributed by atoms with Gasteiger partial charge in [-0.1, -0.05) is 20.8 Å². The van der Waals surface area contributed by atoms with Crippen molar-refractivity contribution in [1.82, 2.24) is 5.32 Å². The second kappa shape index (κ2) is 5.91. The first-order valence-corrected chi connectivity index (χ1v) is 5.10. The Labute approximate surface area is 86.3 Å². The number of rotatable bonds is 6. The largest absolute Gasteiger partial charge is 0.310 e. The summed E-state index contributed by atoms with van der Waals surface area (Å²) < 4.78 is 0. The van der Waals surface area contributed by atoms with Crippen LogP contribution >= 0.6 is 0 Å². The van der Waals surface area contributed by atoms with E-state index < -0.39 is 0 Å². The first-order valence-electron chi connectivity index (χ1n) is 5.10. The van der Waals surface area contributed by atoms with Crippen LogP contribution in [0.3, 0.4) is 0 Å². The number of carbonyl (C=O) groups excluding carboxylic acids is 2. The predicted molar refractivity (Wildman–Crippen MR) is 57.2 cm³/mol. The molecule has 0 aliphatic rings. The first-order chi connectivity index (χ1) is 6.40. The van der Waals surface area contributed by atoms with Crippen molar-refractivity contribution in [3.05, 3.63) is 0 Å². The topological polar surface area (TPSA) is 46.2 Å². The standard InChI is InChI=1S/C11H21NO2/c1-7(2)11(12-5)10(14)6-8(3)9(4)13/h7-8,11-12H,6H2,1-5H3. The molecule has 0 spiro atoms. The van der Waals surface area contributed by atoms with Crippen LogP contribution in [-0.4, -0.2) is 24.7 Å². The molecule has 0 rings (SSSR count). The first kappa shape index (κ1) is 13.3. The van der Waals surface area contributed by atoms with E-state index in [1.807, 2.05) is 13.8 Å². The normalized spacial score (nSPS) is 15.3. The number of carbonyl (C=O) groups is 2. The van der Waals surface area contributed by atoms with E-state index in [0.717, 1.165) is 0 Å². The fraction of sp³-hybridized carbons (Fsp3) is 0.818. The highest BCUT2D eigenvalue weighted by Crippen LogP contribution is 2.10. The number of nitrogens with one attached hydrogen (secondary N) is 1. The van der Waals surface area contributed by atoms with E-state index in [1.165, 1.54) is 6.92 Å². The third-order valence-corrected chi connectivity index (χ3v) is 2.53. The smallest absolute Gasteiger partial charge is 0.150 e. The maximum absolute atomic E-state index is 11.7. The summed E-state index contributed by atoms with van der Waals surface area (Å²) in [5.74, 6) is 0.325. The van der Waals surface area contributed by atoms with Crippen LogP contribution in [0.1, 0.15) is 34.1 Å². The van der Waals surface area contributed by atoms with Crippen LogP contribution < -0.4 is 5.32 Å². The fourth-order valence-electron chi connectivity index (χ4n) is 1.44. The second-order valence-electron chi connectivity index (χ2n) is 4.19. The lowest BCUT2D eigenvalue weighted by atomic mass is 9.92. The molecule has 1 N–H and O–H groups in total. The van der Waals surface area contributed by atoms with Crippen molar-refractivity contribution in [3.8, 4) is 0 Å². The quantitative estimate of drug-likeness (QED) is 0.703. The minimum atomic E-state index is -0.155. The van der Waals surface area contributed by atoms with Crippen molar-refractivity contribution in [2.24, 2.45) is 11.8 Å². The van der Waals surface area contributed by atoms with E-state index in [-0.39, 0.29) is 29.4 Å². The van der Waals surface area contributed by atoms with Gasteiger partial charge in [-0.05, 0) is 19.9 Å². The van der Waals surface area contributed by atoms with Gasteiger partial charge in [0.05, 0.1) is 6.04 Å². The summed E-state index contributed by atoms with van der Waals surface area (Å²) in [5, 5.41) is 2.98. The monoisotopic (exact) mass is 199 g/mol. The summed E-state index contributed by atoms with van der Waals surface area (Å²) in [6.45, 7) is 7.32. The molecule has 0 aliphatic heterocycles. The summed E-state index contributed by atoms with van der Waals surface area (Å²) in [6.07, 6.45) is 0.346. The van der Waals surface area contributed by atoms with Crippen molar-refractivity contribution < 1.29 is 9.59 Å². The third-order valence-electron chi connectivity index (χ3n) is 2.53. The minimum Gasteiger partial charge on any atom is -0.310 e. The van der Waals surface area contributed by atoms with Crippen LogP contribution in [0.5, 0.6) is 0 Å². The number of likely N-dealkylation sites (N-methyl/N-ethyl adjacent to an activating group) is 1. The highest BCUT2D eigenvalue weighted by atomic mass is 16.1. The van der Waals surface area contributed by atoms with E-state index in [1.54, 1.807) is 14.0 Å². The Bertz CT molecular complexity index is 211. The van der Waals surface area contributed by atoms with Gasteiger partial charge in [0.25, 0.3) is 0 Å². The average molecular weight is 199 g/mol. The van der Waals surface area contributed by atoms with Crippen LogP contribution in [-0.2, 0) is 9.59 Å². The van der Waals surface area contributed by atoms with Crippen LogP contribution in [0.4, 0.5) is 0 Å². The zero-order valence-electron chi connectivity index (χ0n) is 9.76. The van der Waals surface area contributed by atoms with Gasteiger partial charge in [-0.3, -0.25) is 9.59 Å². The summed E-state index contributed by atoms with van der Waals surface area (Å²) in [6, 6.07) is -0.128. The molecule has 0 saturated heterocycles. The SMILES string of the molecule is CNC(C(=O)CC(C)C(C)=O)C(C)C. The van der Waals surface area contributed by atoms with Gasteiger partial charge in [0.1, 0.15) is 5.78 Å². The summed E-state index contributed by atoms with van der Waals surface area (Å²) >= 11 is 0. The van der Waals surface area contributed by atoms with E-state index in [2.05, 4.69) is 5.32 Å². The molecule has 2 unspecified atom stereocenters.